The minimum atomic E-state index is -2.77. The van der Waals surface area contributed by atoms with Crippen molar-refractivity contribution in [3.05, 3.63) is 11.6 Å². The van der Waals surface area contributed by atoms with E-state index in [9.17, 15) is 8.42 Å². The highest BCUT2D eigenvalue weighted by molar-refractivity contribution is 7.91. The Balaban J connectivity index is 2.41. The lowest BCUT2D eigenvalue weighted by atomic mass is 10.4. The van der Waals surface area contributed by atoms with Crippen molar-refractivity contribution in [1.29, 1.82) is 0 Å². The Morgan fingerprint density at radius 3 is 2.33 bits per heavy atom. The average Bonchev–Trinajstić information content (AvgIpc) is 1.93. The number of nitrogens with zero attached hydrogens (tertiary/aromatic N) is 1. The van der Waals surface area contributed by atoms with E-state index in [4.69, 9.17) is 11.6 Å². The largest absolute Gasteiger partial charge is 0.296 e. The predicted molar refractivity (Wildman–Crippen MR) is 50.1 cm³/mol. The van der Waals surface area contributed by atoms with Gasteiger partial charge in [-0.2, -0.15) is 0 Å². The molecule has 0 atom stereocenters. The van der Waals surface area contributed by atoms with Gasteiger partial charge in [0.25, 0.3) is 0 Å². The van der Waals surface area contributed by atoms with E-state index >= 15 is 0 Å². The summed E-state index contributed by atoms with van der Waals surface area (Å²) in [7, 11) is -2.77. The summed E-state index contributed by atoms with van der Waals surface area (Å²) in [5.41, 5.74) is 0. The molecule has 0 aromatic carbocycles. The SMILES string of the molecule is C=C(Cl)CN1CCS(=O)(=O)CC1. The van der Waals surface area contributed by atoms with E-state index < -0.39 is 9.84 Å². The van der Waals surface area contributed by atoms with Gasteiger partial charge < -0.3 is 0 Å². The highest BCUT2D eigenvalue weighted by Crippen LogP contribution is 2.07. The molecule has 0 unspecified atom stereocenters. The van der Waals surface area contributed by atoms with Gasteiger partial charge in [0.05, 0.1) is 11.5 Å². The van der Waals surface area contributed by atoms with Crippen molar-refractivity contribution in [2.24, 2.45) is 0 Å². The van der Waals surface area contributed by atoms with E-state index in [1.54, 1.807) is 0 Å². The first-order chi connectivity index (χ1) is 5.49. The Morgan fingerprint density at radius 2 is 1.92 bits per heavy atom. The number of hydrogen-bond donors (Lipinski definition) is 0. The van der Waals surface area contributed by atoms with Crippen LogP contribution in [0.15, 0.2) is 11.6 Å². The normalized spacial score (nSPS) is 23.8. The molecular weight excluding hydrogens is 198 g/mol. The molecule has 0 bridgehead atoms. The summed E-state index contributed by atoms with van der Waals surface area (Å²) in [5, 5.41) is 0.564. The fraction of sp³-hybridized carbons (Fsp3) is 0.714. The second-order valence-corrected chi connectivity index (χ2v) is 5.78. The van der Waals surface area contributed by atoms with Crippen LogP contribution in [0.2, 0.25) is 0 Å². The van der Waals surface area contributed by atoms with Crippen LogP contribution in [0.3, 0.4) is 0 Å². The molecular formula is C7H12ClNO2S. The molecule has 1 saturated heterocycles. The molecule has 70 valence electrons. The fourth-order valence-electron chi connectivity index (χ4n) is 1.15. The second-order valence-electron chi connectivity index (χ2n) is 2.95. The zero-order valence-corrected chi connectivity index (χ0v) is 8.36. The molecule has 0 aliphatic carbocycles. The van der Waals surface area contributed by atoms with Crippen LogP contribution in [-0.2, 0) is 9.84 Å². The van der Waals surface area contributed by atoms with Crippen LogP contribution >= 0.6 is 11.6 Å². The minimum absolute atomic E-state index is 0.247. The average molecular weight is 210 g/mol. The molecule has 0 aromatic heterocycles. The van der Waals surface area contributed by atoms with Crippen LogP contribution in [0.1, 0.15) is 0 Å². The highest BCUT2D eigenvalue weighted by atomic mass is 35.5. The standard InChI is InChI=1S/C7H12ClNO2S/c1-7(8)6-9-2-4-12(10,11)5-3-9/h1-6H2. The molecule has 1 aliphatic rings. The summed E-state index contributed by atoms with van der Waals surface area (Å²) >= 11 is 5.60. The Morgan fingerprint density at radius 1 is 1.42 bits per heavy atom. The van der Waals surface area contributed by atoms with Crippen LogP contribution in [-0.4, -0.2) is 44.5 Å². The topological polar surface area (TPSA) is 37.4 Å². The third-order valence-corrected chi connectivity index (χ3v) is 3.56. The first-order valence-corrected chi connectivity index (χ1v) is 5.95. The molecule has 12 heavy (non-hydrogen) atoms. The summed E-state index contributed by atoms with van der Waals surface area (Å²) in [6.07, 6.45) is 0. The maximum Gasteiger partial charge on any atom is 0.152 e. The number of rotatable bonds is 2. The van der Waals surface area contributed by atoms with Gasteiger partial charge in [0.15, 0.2) is 9.84 Å². The van der Waals surface area contributed by atoms with E-state index in [-0.39, 0.29) is 11.5 Å². The second kappa shape index (κ2) is 3.77. The van der Waals surface area contributed by atoms with Gasteiger partial charge in [-0.25, -0.2) is 8.42 Å². The molecule has 0 spiro atoms. The molecule has 0 amide bonds. The Bertz CT molecular complexity index is 259. The van der Waals surface area contributed by atoms with Gasteiger partial charge in [0.2, 0.25) is 0 Å². The summed E-state index contributed by atoms with van der Waals surface area (Å²) < 4.78 is 22.0. The van der Waals surface area contributed by atoms with Gasteiger partial charge in [0, 0.05) is 24.7 Å². The van der Waals surface area contributed by atoms with Crippen molar-refractivity contribution in [2.45, 2.75) is 0 Å². The highest BCUT2D eigenvalue weighted by Gasteiger charge is 2.21. The molecule has 0 N–H and O–H groups in total. The van der Waals surface area contributed by atoms with Crippen molar-refractivity contribution >= 4 is 21.4 Å². The number of halogens is 1. The quantitative estimate of drug-likeness (QED) is 0.664. The van der Waals surface area contributed by atoms with Crippen molar-refractivity contribution < 1.29 is 8.42 Å². The summed E-state index contributed by atoms with van der Waals surface area (Å²) in [4.78, 5) is 2.00. The van der Waals surface area contributed by atoms with E-state index in [1.807, 2.05) is 4.90 Å². The molecule has 3 nitrogen and oxygen atoms in total. The smallest absolute Gasteiger partial charge is 0.152 e. The van der Waals surface area contributed by atoms with Crippen LogP contribution < -0.4 is 0 Å². The molecule has 0 radical (unpaired) electrons. The van der Waals surface area contributed by atoms with Gasteiger partial charge in [-0.3, -0.25) is 4.90 Å². The van der Waals surface area contributed by atoms with E-state index in [0.29, 0.717) is 24.7 Å². The maximum absolute atomic E-state index is 11.0. The lowest BCUT2D eigenvalue weighted by molar-refractivity contribution is 0.325. The van der Waals surface area contributed by atoms with Gasteiger partial charge in [-0.1, -0.05) is 18.2 Å². The summed E-state index contributed by atoms with van der Waals surface area (Å²) in [6, 6.07) is 0. The van der Waals surface area contributed by atoms with Gasteiger partial charge in [-0.15, -0.1) is 0 Å². The minimum Gasteiger partial charge on any atom is -0.296 e. The summed E-state index contributed by atoms with van der Waals surface area (Å²) in [6.45, 7) is 5.31. The third-order valence-electron chi connectivity index (χ3n) is 1.83. The monoisotopic (exact) mass is 209 g/mol. The van der Waals surface area contributed by atoms with Crippen LogP contribution in [0.25, 0.3) is 0 Å². The van der Waals surface area contributed by atoms with E-state index in [1.165, 1.54) is 0 Å². The lowest BCUT2D eigenvalue weighted by Gasteiger charge is -2.25. The molecule has 5 heteroatoms. The maximum atomic E-state index is 11.0. The third kappa shape index (κ3) is 3.13. The molecule has 1 aliphatic heterocycles. The Hall–Kier alpha value is -0.0600. The van der Waals surface area contributed by atoms with Gasteiger partial charge in [0.1, 0.15) is 0 Å². The van der Waals surface area contributed by atoms with E-state index in [2.05, 4.69) is 6.58 Å². The van der Waals surface area contributed by atoms with Gasteiger partial charge in [-0.05, 0) is 0 Å². The lowest BCUT2D eigenvalue weighted by Crippen LogP contribution is -2.40. The van der Waals surface area contributed by atoms with Crippen LogP contribution in [0.4, 0.5) is 0 Å². The Kier molecular flexibility index (Phi) is 3.15. The van der Waals surface area contributed by atoms with Crippen molar-refractivity contribution in [3.8, 4) is 0 Å². The van der Waals surface area contributed by atoms with Crippen LogP contribution in [0.5, 0.6) is 0 Å². The van der Waals surface area contributed by atoms with Crippen molar-refractivity contribution in [3.63, 3.8) is 0 Å². The first kappa shape index (κ1) is 10.0. The predicted octanol–water partition coefficient (Wildman–Crippen LogP) is 0.469. The number of sulfone groups is 1. The molecule has 1 heterocycles. The first-order valence-electron chi connectivity index (χ1n) is 3.76. The molecule has 1 rings (SSSR count). The van der Waals surface area contributed by atoms with Crippen molar-refractivity contribution in [1.82, 2.24) is 4.90 Å². The van der Waals surface area contributed by atoms with Crippen LogP contribution in [0, 0.1) is 0 Å². The summed E-state index contributed by atoms with van der Waals surface area (Å²) in [5.74, 6) is 0.494. The number of hydrogen-bond acceptors (Lipinski definition) is 3. The Labute approximate surface area is 77.9 Å². The van der Waals surface area contributed by atoms with Crippen molar-refractivity contribution in [2.75, 3.05) is 31.1 Å². The zero-order valence-electron chi connectivity index (χ0n) is 6.79. The zero-order chi connectivity index (χ0) is 9.19. The van der Waals surface area contributed by atoms with E-state index in [0.717, 1.165) is 0 Å². The fourth-order valence-corrected chi connectivity index (χ4v) is 2.60. The molecule has 0 aromatic rings. The molecule has 1 fully saturated rings. The molecule has 0 saturated carbocycles. The van der Waals surface area contributed by atoms with Gasteiger partial charge >= 0.3 is 0 Å².